The predicted octanol–water partition coefficient (Wildman–Crippen LogP) is 5.50. The fourth-order valence-electron chi connectivity index (χ4n) is 4.17. The Labute approximate surface area is 175 Å². The third kappa shape index (κ3) is 3.20. The number of ether oxygens (including phenoxy) is 1. The zero-order chi connectivity index (χ0) is 20.5. The highest BCUT2D eigenvalue weighted by Gasteiger charge is 2.25. The van der Waals surface area contributed by atoms with Gasteiger partial charge in [0.15, 0.2) is 0 Å². The van der Waals surface area contributed by atoms with Crippen molar-refractivity contribution < 1.29 is 9.53 Å². The standard InChI is InChI=1S/C26H22N2O2/c1-30-20-11-6-9-19(16-20)24-17-22(21-12-3-4-13-23(21)27-24)26(29)28-15-7-10-18-8-2-5-14-25(18)28/h2-6,8-9,11-14,16-17H,7,10,15H2,1H3. The van der Waals surface area contributed by atoms with Crippen molar-refractivity contribution in [3.8, 4) is 17.0 Å². The highest BCUT2D eigenvalue weighted by molar-refractivity contribution is 6.14. The summed E-state index contributed by atoms with van der Waals surface area (Å²) < 4.78 is 5.37. The Bertz CT molecular complexity index is 1250. The number of hydrogen-bond donors (Lipinski definition) is 0. The summed E-state index contributed by atoms with van der Waals surface area (Å²) in [7, 11) is 1.65. The van der Waals surface area contributed by atoms with E-state index in [-0.39, 0.29) is 5.91 Å². The molecule has 0 unspecified atom stereocenters. The number of benzene rings is 3. The van der Waals surface area contributed by atoms with E-state index >= 15 is 0 Å². The summed E-state index contributed by atoms with van der Waals surface area (Å²) in [6.45, 7) is 0.723. The number of anilines is 1. The van der Waals surface area contributed by atoms with E-state index in [9.17, 15) is 4.79 Å². The van der Waals surface area contributed by atoms with Gasteiger partial charge in [-0.1, -0.05) is 48.5 Å². The van der Waals surface area contributed by atoms with E-state index < -0.39 is 0 Å². The van der Waals surface area contributed by atoms with Crippen molar-refractivity contribution in [2.75, 3.05) is 18.6 Å². The van der Waals surface area contributed by atoms with E-state index in [2.05, 4.69) is 6.07 Å². The third-order valence-electron chi connectivity index (χ3n) is 5.67. The summed E-state index contributed by atoms with van der Waals surface area (Å²) in [5, 5.41) is 0.872. The summed E-state index contributed by atoms with van der Waals surface area (Å²) in [5.41, 5.74) is 5.41. The molecule has 4 heteroatoms. The summed E-state index contributed by atoms with van der Waals surface area (Å²) in [4.78, 5) is 20.5. The van der Waals surface area contributed by atoms with Gasteiger partial charge in [-0.15, -0.1) is 0 Å². The summed E-state index contributed by atoms with van der Waals surface area (Å²) in [5.74, 6) is 0.783. The molecule has 4 aromatic rings. The van der Waals surface area contributed by atoms with E-state index in [1.165, 1.54) is 5.56 Å². The van der Waals surface area contributed by atoms with Crippen molar-refractivity contribution in [3.05, 3.63) is 90.0 Å². The number of aryl methyl sites for hydroxylation is 1. The Morgan fingerprint density at radius 2 is 1.80 bits per heavy atom. The SMILES string of the molecule is COc1cccc(-c2cc(C(=O)N3CCCc4ccccc43)c3ccccc3n2)c1. The zero-order valence-electron chi connectivity index (χ0n) is 16.8. The van der Waals surface area contributed by atoms with Gasteiger partial charge in [0.1, 0.15) is 5.75 Å². The normalized spacial score (nSPS) is 13.2. The van der Waals surface area contributed by atoms with Crippen LogP contribution in [0.1, 0.15) is 22.3 Å². The number of fused-ring (bicyclic) bond motifs is 2. The van der Waals surface area contributed by atoms with Gasteiger partial charge in [-0.25, -0.2) is 4.98 Å². The topological polar surface area (TPSA) is 42.4 Å². The van der Waals surface area contributed by atoms with Gasteiger partial charge in [0.2, 0.25) is 0 Å². The lowest BCUT2D eigenvalue weighted by Crippen LogP contribution is -2.35. The lowest BCUT2D eigenvalue weighted by atomic mass is 9.99. The van der Waals surface area contributed by atoms with Crippen LogP contribution in [0.5, 0.6) is 5.75 Å². The molecular weight excluding hydrogens is 372 g/mol. The molecule has 0 N–H and O–H groups in total. The Morgan fingerprint density at radius 3 is 2.70 bits per heavy atom. The van der Waals surface area contributed by atoms with Crippen LogP contribution in [0.2, 0.25) is 0 Å². The van der Waals surface area contributed by atoms with E-state index in [0.29, 0.717) is 5.56 Å². The monoisotopic (exact) mass is 394 g/mol. The second-order valence-electron chi connectivity index (χ2n) is 7.49. The van der Waals surface area contributed by atoms with Gasteiger partial charge in [-0.05, 0) is 48.7 Å². The molecule has 1 aromatic heterocycles. The van der Waals surface area contributed by atoms with Crippen LogP contribution < -0.4 is 9.64 Å². The summed E-state index contributed by atoms with van der Waals surface area (Å²) in [6.07, 6.45) is 1.97. The van der Waals surface area contributed by atoms with Gasteiger partial charge in [0.25, 0.3) is 5.91 Å². The van der Waals surface area contributed by atoms with Gasteiger partial charge in [0, 0.05) is 23.2 Å². The van der Waals surface area contributed by atoms with Gasteiger partial charge in [0.05, 0.1) is 23.9 Å². The molecule has 0 fully saturated rings. The van der Waals surface area contributed by atoms with E-state index in [0.717, 1.165) is 53.0 Å². The molecular formula is C26H22N2O2. The van der Waals surface area contributed by atoms with Crippen molar-refractivity contribution in [2.45, 2.75) is 12.8 Å². The molecule has 0 spiro atoms. The van der Waals surface area contributed by atoms with Crippen molar-refractivity contribution in [2.24, 2.45) is 0 Å². The van der Waals surface area contributed by atoms with Crippen LogP contribution in [0.25, 0.3) is 22.2 Å². The molecule has 0 radical (unpaired) electrons. The summed E-state index contributed by atoms with van der Waals surface area (Å²) in [6, 6.07) is 25.7. The number of carbonyl (C=O) groups excluding carboxylic acids is 1. The molecule has 2 heterocycles. The third-order valence-corrected chi connectivity index (χ3v) is 5.67. The highest BCUT2D eigenvalue weighted by atomic mass is 16.5. The predicted molar refractivity (Wildman–Crippen MR) is 120 cm³/mol. The van der Waals surface area contributed by atoms with Crippen molar-refractivity contribution in [1.29, 1.82) is 0 Å². The van der Waals surface area contributed by atoms with Crippen LogP contribution in [0, 0.1) is 0 Å². The van der Waals surface area contributed by atoms with Gasteiger partial charge in [-0.3, -0.25) is 4.79 Å². The average Bonchev–Trinajstić information content (AvgIpc) is 2.82. The van der Waals surface area contributed by atoms with Crippen LogP contribution in [0.4, 0.5) is 5.69 Å². The van der Waals surface area contributed by atoms with E-state index in [1.54, 1.807) is 7.11 Å². The Hall–Kier alpha value is -3.66. The molecule has 30 heavy (non-hydrogen) atoms. The second kappa shape index (κ2) is 7.64. The lowest BCUT2D eigenvalue weighted by Gasteiger charge is -2.30. The highest BCUT2D eigenvalue weighted by Crippen LogP contribution is 2.32. The fourth-order valence-corrected chi connectivity index (χ4v) is 4.17. The van der Waals surface area contributed by atoms with Crippen LogP contribution in [-0.4, -0.2) is 24.5 Å². The van der Waals surface area contributed by atoms with E-state index in [1.807, 2.05) is 77.7 Å². The molecule has 5 rings (SSSR count). The zero-order valence-corrected chi connectivity index (χ0v) is 16.8. The lowest BCUT2D eigenvalue weighted by molar-refractivity contribution is 0.0986. The van der Waals surface area contributed by atoms with E-state index in [4.69, 9.17) is 9.72 Å². The minimum atomic E-state index is 0.0184. The maximum atomic E-state index is 13.8. The largest absolute Gasteiger partial charge is 0.497 e. The summed E-state index contributed by atoms with van der Waals surface area (Å²) >= 11 is 0. The number of pyridine rings is 1. The number of aromatic nitrogens is 1. The molecule has 0 saturated carbocycles. The van der Waals surface area contributed by atoms with Crippen LogP contribution in [-0.2, 0) is 6.42 Å². The average molecular weight is 394 g/mol. The number of nitrogens with zero attached hydrogens (tertiary/aromatic N) is 2. The van der Waals surface area contributed by atoms with Crippen molar-refractivity contribution >= 4 is 22.5 Å². The quantitative estimate of drug-likeness (QED) is 0.461. The first-order chi connectivity index (χ1) is 14.7. The number of para-hydroxylation sites is 2. The fraction of sp³-hybridized carbons (Fsp3) is 0.154. The first-order valence-electron chi connectivity index (χ1n) is 10.2. The maximum Gasteiger partial charge on any atom is 0.259 e. The van der Waals surface area contributed by atoms with Gasteiger partial charge >= 0.3 is 0 Å². The van der Waals surface area contributed by atoms with Crippen LogP contribution in [0.15, 0.2) is 78.9 Å². The van der Waals surface area contributed by atoms with Crippen LogP contribution >= 0.6 is 0 Å². The number of methoxy groups -OCH3 is 1. The first kappa shape index (κ1) is 18.4. The van der Waals surface area contributed by atoms with Gasteiger partial charge in [-0.2, -0.15) is 0 Å². The molecule has 1 amide bonds. The second-order valence-corrected chi connectivity index (χ2v) is 7.49. The molecule has 0 saturated heterocycles. The molecule has 148 valence electrons. The Balaban J connectivity index is 1.66. The first-order valence-corrected chi connectivity index (χ1v) is 10.2. The molecule has 0 bridgehead atoms. The van der Waals surface area contributed by atoms with Crippen molar-refractivity contribution in [1.82, 2.24) is 4.98 Å². The minimum Gasteiger partial charge on any atom is -0.497 e. The van der Waals surface area contributed by atoms with Gasteiger partial charge < -0.3 is 9.64 Å². The molecule has 0 atom stereocenters. The number of rotatable bonds is 3. The minimum absolute atomic E-state index is 0.0184. The number of amides is 1. The smallest absolute Gasteiger partial charge is 0.259 e. The maximum absolute atomic E-state index is 13.8. The molecule has 4 nitrogen and oxygen atoms in total. The molecule has 1 aliphatic heterocycles. The molecule has 3 aromatic carbocycles. The number of carbonyl (C=O) groups is 1. The van der Waals surface area contributed by atoms with Crippen molar-refractivity contribution in [3.63, 3.8) is 0 Å². The van der Waals surface area contributed by atoms with Crippen LogP contribution in [0.3, 0.4) is 0 Å². The number of hydrogen-bond acceptors (Lipinski definition) is 3. The Morgan fingerprint density at radius 1 is 0.967 bits per heavy atom. The molecule has 1 aliphatic rings. The molecule has 0 aliphatic carbocycles. The Kier molecular flexibility index (Phi) is 4.68.